The van der Waals surface area contributed by atoms with E-state index in [1.54, 1.807) is 48.7 Å². The maximum atomic E-state index is 13.2. The van der Waals surface area contributed by atoms with Crippen molar-refractivity contribution in [1.29, 1.82) is 0 Å². The first-order chi connectivity index (χ1) is 14.1. The second-order valence-electron chi connectivity index (χ2n) is 7.32. The Morgan fingerprint density at radius 2 is 1.87 bits per heavy atom. The van der Waals surface area contributed by atoms with Crippen LogP contribution in [0.1, 0.15) is 23.4 Å². The molecule has 1 aromatic carbocycles. The molecule has 162 valence electrons. The Hall–Kier alpha value is -2.79. The molecule has 1 aliphatic rings. The molecular formula is C19H25N5O5S. The summed E-state index contributed by atoms with van der Waals surface area (Å²) in [6, 6.07) is 6.16. The van der Waals surface area contributed by atoms with Crippen molar-refractivity contribution >= 4 is 21.6 Å². The van der Waals surface area contributed by atoms with Gasteiger partial charge in [0.25, 0.3) is 5.69 Å². The fourth-order valence-corrected chi connectivity index (χ4v) is 5.62. The van der Waals surface area contributed by atoms with Gasteiger partial charge in [-0.1, -0.05) is 18.2 Å². The van der Waals surface area contributed by atoms with Crippen molar-refractivity contribution in [2.45, 2.75) is 31.6 Å². The maximum absolute atomic E-state index is 13.2. The van der Waals surface area contributed by atoms with Gasteiger partial charge in [0.2, 0.25) is 15.9 Å². The van der Waals surface area contributed by atoms with Crippen molar-refractivity contribution in [1.82, 2.24) is 19.0 Å². The number of hydrogen-bond acceptors (Lipinski definition) is 6. The lowest BCUT2D eigenvalue weighted by atomic mass is 10.1. The van der Waals surface area contributed by atoms with E-state index in [4.69, 9.17) is 0 Å². The van der Waals surface area contributed by atoms with E-state index in [-0.39, 0.29) is 36.0 Å². The van der Waals surface area contributed by atoms with Crippen LogP contribution in [0.15, 0.2) is 29.2 Å². The summed E-state index contributed by atoms with van der Waals surface area (Å²) in [7, 11) is -2.03. The minimum absolute atomic E-state index is 0.0904. The summed E-state index contributed by atoms with van der Waals surface area (Å²) in [4.78, 5) is 25.2. The average Bonchev–Trinajstić information content (AvgIpc) is 2.86. The van der Waals surface area contributed by atoms with Gasteiger partial charge >= 0.3 is 0 Å². The van der Waals surface area contributed by atoms with Crippen LogP contribution in [-0.2, 0) is 28.3 Å². The van der Waals surface area contributed by atoms with E-state index in [1.807, 2.05) is 0 Å². The summed E-state index contributed by atoms with van der Waals surface area (Å²) in [6.45, 7) is 4.48. The lowest BCUT2D eigenvalue weighted by Crippen LogP contribution is -2.38. The Bertz CT molecular complexity index is 1080. The summed E-state index contributed by atoms with van der Waals surface area (Å²) >= 11 is 0. The minimum atomic E-state index is -3.73. The normalized spacial score (nSPS) is 15.8. The number of carbonyl (C=O) groups excluding carboxylic acids is 1. The highest BCUT2D eigenvalue weighted by Crippen LogP contribution is 2.24. The van der Waals surface area contributed by atoms with Gasteiger partial charge in [0.15, 0.2) is 0 Å². The fraction of sp³-hybridized carbons (Fsp3) is 0.474. The van der Waals surface area contributed by atoms with E-state index in [1.165, 1.54) is 10.4 Å². The Morgan fingerprint density at radius 1 is 1.17 bits per heavy atom. The van der Waals surface area contributed by atoms with Crippen molar-refractivity contribution in [3.8, 4) is 0 Å². The summed E-state index contributed by atoms with van der Waals surface area (Å²) < 4.78 is 29.3. The number of aromatic nitrogens is 2. The van der Waals surface area contributed by atoms with Crippen molar-refractivity contribution in [3.05, 3.63) is 51.3 Å². The molecule has 0 saturated carbocycles. The summed E-state index contributed by atoms with van der Waals surface area (Å²) in [5, 5.41) is 15.4. The first-order valence-corrected chi connectivity index (χ1v) is 11.1. The number of para-hydroxylation sites is 1. The lowest BCUT2D eigenvalue weighted by molar-refractivity contribution is -0.385. The number of amides is 1. The van der Waals surface area contributed by atoms with Crippen LogP contribution in [-0.4, -0.2) is 64.4 Å². The predicted octanol–water partition coefficient (Wildman–Crippen LogP) is 1.41. The van der Waals surface area contributed by atoms with Crippen molar-refractivity contribution in [2.75, 3.05) is 26.2 Å². The third kappa shape index (κ3) is 4.21. The summed E-state index contributed by atoms with van der Waals surface area (Å²) in [5.74, 6) is -0.253. The van der Waals surface area contributed by atoms with Gasteiger partial charge in [0.05, 0.1) is 22.7 Å². The molecule has 0 atom stereocenters. The molecule has 1 aromatic heterocycles. The Kier molecular flexibility index (Phi) is 6.22. The van der Waals surface area contributed by atoms with Crippen LogP contribution in [0, 0.1) is 24.0 Å². The molecule has 2 aromatic rings. The van der Waals surface area contributed by atoms with E-state index in [2.05, 4.69) is 5.10 Å². The smallest absolute Gasteiger partial charge is 0.273 e. The monoisotopic (exact) mass is 435 g/mol. The number of sulfonamides is 1. The number of nitro groups is 1. The van der Waals surface area contributed by atoms with Gasteiger partial charge in [-0.2, -0.15) is 9.40 Å². The van der Waals surface area contributed by atoms with Gasteiger partial charge in [-0.05, 0) is 20.3 Å². The number of benzene rings is 1. The standard InChI is InChI=1S/C19H25N5O5S/c1-14-19(15(2)21(3)20-14)30(28,29)23-10-6-9-22(11-12-23)18(25)13-16-7-4-5-8-17(16)24(26)27/h4-5,7-8H,6,9-13H2,1-3H3. The Labute approximate surface area is 175 Å². The van der Waals surface area contributed by atoms with Crippen LogP contribution in [0.3, 0.4) is 0 Å². The molecule has 3 rings (SSSR count). The van der Waals surface area contributed by atoms with Crippen LogP contribution >= 0.6 is 0 Å². The van der Waals surface area contributed by atoms with Crippen molar-refractivity contribution in [3.63, 3.8) is 0 Å². The molecule has 30 heavy (non-hydrogen) atoms. The van der Waals surface area contributed by atoms with Crippen LogP contribution < -0.4 is 0 Å². The SMILES string of the molecule is Cc1nn(C)c(C)c1S(=O)(=O)N1CCCN(C(=O)Cc2ccccc2[N+](=O)[O-])CC1. The van der Waals surface area contributed by atoms with Crippen LogP contribution in [0.5, 0.6) is 0 Å². The Balaban J connectivity index is 1.74. The number of rotatable bonds is 5. The van der Waals surface area contributed by atoms with Crippen LogP contribution in [0.4, 0.5) is 5.69 Å². The van der Waals surface area contributed by atoms with Crippen LogP contribution in [0.2, 0.25) is 0 Å². The molecule has 0 aliphatic carbocycles. The Morgan fingerprint density at radius 3 is 2.50 bits per heavy atom. The molecule has 0 bridgehead atoms. The van der Waals surface area contributed by atoms with Crippen molar-refractivity contribution in [2.24, 2.45) is 7.05 Å². The van der Waals surface area contributed by atoms with E-state index < -0.39 is 14.9 Å². The highest BCUT2D eigenvalue weighted by Gasteiger charge is 2.32. The molecule has 0 radical (unpaired) electrons. The summed E-state index contributed by atoms with van der Waals surface area (Å²) in [6.07, 6.45) is 0.394. The molecule has 0 N–H and O–H groups in total. The first-order valence-electron chi connectivity index (χ1n) is 9.63. The average molecular weight is 436 g/mol. The minimum Gasteiger partial charge on any atom is -0.341 e. The van der Waals surface area contributed by atoms with Crippen molar-refractivity contribution < 1.29 is 18.1 Å². The third-order valence-electron chi connectivity index (χ3n) is 5.38. The molecule has 0 unspecified atom stereocenters. The van der Waals surface area contributed by atoms with Gasteiger partial charge in [-0.25, -0.2) is 8.42 Å². The van der Waals surface area contributed by atoms with Crippen LogP contribution in [0.25, 0.3) is 0 Å². The van der Waals surface area contributed by atoms with Gasteiger partial charge in [-0.15, -0.1) is 0 Å². The highest BCUT2D eigenvalue weighted by molar-refractivity contribution is 7.89. The second-order valence-corrected chi connectivity index (χ2v) is 9.20. The zero-order chi connectivity index (χ0) is 22.1. The number of nitrogens with zero attached hydrogens (tertiary/aromatic N) is 5. The predicted molar refractivity (Wildman–Crippen MR) is 109 cm³/mol. The number of aryl methyl sites for hydroxylation is 2. The molecule has 0 spiro atoms. The summed E-state index contributed by atoms with van der Waals surface area (Å²) in [5.41, 5.74) is 1.28. The second kappa shape index (κ2) is 8.52. The number of nitro benzene ring substituents is 1. The lowest BCUT2D eigenvalue weighted by Gasteiger charge is -2.22. The quantitative estimate of drug-likeness (QED) is 0.517. The van der Waals surface area contributed by atoms with E-state index in [9.17, 15) is 23.3 Å². The molecule has 1 amide bonds. The third-order valence-corrected chi connectivity index (χ3v) is 7.53. The highest BCUT2D eigenvalue weighted by atomic mass is 32.2. The van der Waals surface area contributed by atoms with E-state index in [0.717, 1.165) is 0 Å². The van der Waals surface area contributed by atoms with Gasteiger partial charge in [0, 0.05) is 44.9 Å². The molecule has 11 heteroatoms. The van der Waals surface area contributed by atoms with Gasteiger partial charge in [-0.3, -0.25) is 19.6 Å². The molecule has 1 saturated heterocycles. The molecule has 2 heterocycles. The zero-order valence-corrected chi connectivity index (χ0v) is 18.1. The molecular weight excluding hydrogens is 410 g/mol. The van der Waals surface area contributed by atoms with E-state index >= 15 is 0 Å². The van der Waals surface area contributed by atoms with E-state index in [0.29, 0.717) is 36.5 Å². The maximum Gasteiger partial charge on any atom is 0.273 e. The van der Waals surface area contributed by atoms with Gasteiger partial charge < -0.3 is 4.90 Å². The molecule has 10 nitrogen and oxygen atoms in total. The molecule has 1 fully saturated rings. The first kappa shape index (κ1) is 21.9. The number of carbonyl (C=O) groups is 1. The van der Waals surface area contributed by atoms with Gasteiger partial charge in [0.1, 0.15) is 4.90 Å². The fourth-order valence-electron chi connectivity index (χ4n) is 3.75. The number of hydrogen-bond donors (Lipinski definition) is 0. The topological polar surface area (TPSA) is 119 Å². The zero-order valence-electron chi connectivity index (χ0n) is 17.2. The molecule has 1 aliphatic heterocycles. The largest absolute Gasteiger partial charge is 0.341 e.